The maximum atomic E-state index is 10.8. The van der Waals surface area contributed by atoms with Gasteiger partial charge in [0.05, 0.1) is 16.9 Å². The highest BCUT2D eigenvalue weighted by Crippen LogP contribution is 2.12. The van der Waals surface area contributed by atoms with Crippen LogP contribution in [0, 0.1) is 0 Å². The van der Waals surface area contributed by atoms with Crippen LogP contribution in [0.15, 0.2) is 18.5 Å². The molecule has 1 N–H and O–H groups in total. The summed E-state index contributed by atoms with van der Waals surface area (Å²) >= 11 is 10.8. The summed E-state index contributed by atoms with van der Waals surface area (Å²) in [7, 11) is 0. The Balaban J connectivity index is 2.58. The summed E-state index contributed by atoms with van der Waals surface area (Å²) in [6, 6.07) is 1.35. The van der Waals surface area contributed by atoms with E-state index in [0.717, 1.165) is 0 Å². The molecule has 70 valence electrons. The number of aromatic nitrogens is 1. The molecule has 0 saturated heterocycles. The third-order valence-electron chi connectivity index (χ3n) is 1.14. The topological polar surface area (TPSA) is 51.2 Å². The maximum absolute atomic E-state index is 10.8. The van der Waals surface area contributed by atoms with Crippen LogP contribution in [-0.2, 0) is 4.74 Å². The van der Waals surface area contributed by atoms with Gasteiger partial charge in [-0.1, -0.05) is 23.2 Å². The monoisotopic (exact) mass is 220 g/mol. The van der Waals surface area contributed by atoms with Crippen molar-refractivity contribution in [2.45, 2.75) is 0 Å². The summed E-state index contributed by atoms with van der Waals surface area (Å²) in [5, 5.41) is 2.83. The quantitative estimate of drug-likeness (QED) is 0.780. The Morgan fingerprint density at radius 1 is 1.62 bits per heavy atom. The van der Waals surface area contributed by atoms with Gasteiger partial charge in [-0.15, -0.1) is 0 Å². The lowest BCUT2D eigenvalue weighted by Crippen LogP contribution is -2.12. The number of nitrogens with zero attached hydrogens (tertiary/aromatic N) is 1. The standard InChI is InChI=1S/C7H6Cl2N2O2/c8-4-13-7(12)11-6-1-5(9)2-10-3-6/h1-3H,4H2,(H,11,12). The number of amides is 1. The van der Waals surface area contributed by atoms with Crippen molar-refractivity contribution in [2.75, 3.05) is 11.4 Å². The van der Waals surface area contributed by atoms with Crippen molar-refractivity contribution < 1.29 is 9.53 Å². The molecule has 0 aliphatic heterocycles. The Morgan fingerprint density at radius 2 is 2.38 bits per heavy atom. The second kappa shape index (κ2) is 4.89. The van der Waals surface area contributed by atoms with Gasteiger partial charge in [-0.25, -0.2) is 4.79 Å². The fraction of sp³-hybridized carbons (Fsp3) is 0.143. The molecule has 1 amide bonds. The summed E-state index contributed by atoms with van der Waals surface area (Å²) in [4.78, 5) is 14.6. The Kier molecular flexibility index (Phi) is 3.79. The zero-order valence-electron chi connectivity index (χ0n) is 6.46. The van der Waals surface area contributed by atoms with Crippen molar-refractivity contribution in [2.24, 2.45) is 0 Å². The zero-order valence-corrected chi connectivity index (χ0v) is 7.97. The largest absolute Gasteiger partial charge is 0.433 e. The molecule has 0 radical (unpaired) electrons. The predicted octanol–water partition coefficient (Wildman–Crippen LogP) is 2.48. The molecule has 0 unspecified atom stereocenters. The number of hydrogen-bond acceptors (Lipinski definition) is 3. The molecule has 1 heterocycles. The molecule has 0 aliphatic carbocycles. The number of carbonyl (C=O) groups is 1. The Labute approximate surface area is 84.8 Å². The van der Waals surface area contributed by atoms with Crippen LogP contribution in [0.4, 0.5) is 10.5 Å². The van der Waals surface area contributed by atoms with Crippen molar-refractivity contribution in [1.82, 2.24) is 4.98 Å². The molecule has 1 rings (SSSR count). The highest BCUT2D eigenvalue weighted by molar-refractivity contribution is 6.30. The molecule has 0 bridgehead atoms. The summed E-state index contributed by atoms with van der Waals surface area (Å²) < 4.78 is 4.43. The van der Waals surface area contributed by atoms with Gasteiger partial charge in [0.25, 0.3) is 0 Å². The first-order valence-electron chi connectivity index (χ1n) is 3.32. The molecule has 0 atom stereocenters. The van der Waals surface area contributed by atoms with Crippen LogP contribution in [0.3, 0.4) is 0 Å². The van der Waals surface area contributed by atoms with E-state index in [1.54, 1.807) is 6.07 Å². The van der Waals surface area contributed by atoms with Crippen molar-refractivity contribution in [3.05, 3.63) is 23.5 Å². The number of rotatable bonds is 2. The SMILES string of the molecule is O=C(Nc1cncc(Cl)c1)OCCl. The second-order valence-corrected chi connectivity index (χ2v) is 2.71. The maximum Gasteiger partial charge on any atom is 0.412 e. The molecular formula is C7H6Cl2N2O2. The first-order chi connectivity index (χ1) is 6.22. The first kappa shape index (κ1) is 10.1. The molecule has 13 heavy (non-hydrogen) atoms. The molecule has 1 aromatic heterocycles. The van der Waals surface area contributed by atoms with E-state index in [1.165, 1.54) is 12.4 Å². The van der Waals surface area contributed by atoms with Crippen molar-refractivity contribution in [3.8, 4) is 0 Å². The van der Waals surface area contributed by atoms with E-state index in [4.69, 9.17) is 23.2 Å². The normalized spacial score (nSPS) is 9.38. The van der Waals surface area contributed by atoms with Gasteiger partial charge in [-0.2, -0.15) is 0 Å². The lowest BCUT2D eigenvalue weighted by Gasteiger charge is -2.03. The van der Waals surface area contributed by atoms with E-state index in [9.17, 15) is 4.79 Å². The molecule has 0 saturated carbocycles. The number of hydrogen-bond donors (Lipinski definition) is 1. The first-order valence-corrected chi connectivity index (χ1v) is 4.24. The van der Waals surface area contributed by atoms with Crippen molar-refractivity contribution in [1.29, 1.82) is 0 Å². The highest BCUT2D eigenvalue weighted by atomic mass is 35.5. The van der Waals surface area contributed by atoms with E-state index in [2.05, 4.69) is 15.0 Å². The van der Waals surface area contributed by atoms with Gasteiger partial charge in [-0.05, 0) is 6.07 Å². The number of ether oxygens (including phenoxy) is 1. The van der Waals surface area contributed by atoms with E-state index >= 15 is 0 Å². The molecular weight excluding hydrogens is 215 g/mol. The number of anilines is 1. The second-order valence-electron chi connectivity index (χ2n) is 2.06. The van der Waals surface area contributed by atoms with Crippen LogP contribution in [-0.4, -0.2) is 17.1 Å². The number of alkyl halides is 1. The van der Waals surface area contributed by atoms with E-state index < -0.39 is 6.09 Å². The van der Waals surface area contributed by atoms with Gasteiger partial charge in [0.2, 0.25) is 0 Å². The van der Waals surface area contributed by atoms with Crippen molar-refractivity contribution >= 4 is 35.0 Å². The smallest absolute Gasteiger partial charge is 0.412 e. The molecule has 0 fully saturated rings. The number of pyridine rings is 1. The molecule has 0 spiro atoms. The fourth-order valence-corrected chi connectivity index (χ4v) is 0.957. The Hall–Kier alpha value is -1.000. The van der Waals surface area contributed by atoms with Crippen LogP contribution in [0.25, 0.3) is 0 Å². The lowest BCUT2D eigenvalue weighted by molar-refractivity contribution is 0.180. The Morgan fingerprint density at radius 3 is 3.00 bits per heavy atom. The van der Waals surface area contributed by atoms with Gasteiger partial charge in [-0.3, -0.25) is 10.3 Å². The van der Waals surface area contributed by atoms with Crippen LogP contribution < -0.4 is 5.32 Å². The van der Waals surface area contributed by atoms with Crippen LogP contribution >= 0.6 is 23.2 Å². The minimum Gasteiger partial charge on any atom is -0.433 e. The summed E-state index contributed by atoms with van der Waals surface area (Å²) in [6.45, 7) is 0. The number of halogens is 2. The van der Waals surface area contributed by atoms with Crippen molar-refractivity contribution in [3.63, 3.8) is 0 Å². The van der Waals surface area contributed by atoms with E-state index in [0.29, 0.717) is 10.7 Å². The minimum atomic E-state index is -0.640. The summed E-state index contributed by atoms with van der Waals surface area (Å²) in [6.07, 6.45) is 2.26. The molecule has 1 aromatic rings. The number of nitrogens with one attached hydrogen (secondary N) is 1. The van der Waals surface area contributed by atoms with Gasteiger partial charge < -0.3 is 4.74 Å². The summed E-state index contributed by atoms with van der Waals surface area (Å²) in [5.74, 6) is 0. The molecule has 4 nitrogen and oxygen atoms in total. The van der Waals surface area contributed by atoms with Gasteiger partial charge in [0.15, 0.2) is 6.07 Å². The summed E-state index contributed by atoms with van der Waals surface area (Å²) in [5.41, 5.74) is 0.461. The van der Waals surface area contributed by atoms with Crippen LogP contribution in [0.5, 0.6) is 0 Å². The lowest BCUT2D eigenvalue weighted by atomic mass is 10.4. The average molecular weight is 221 g/mol. The van der Waals surface area contributed by atoms with Crippen LogP contribution in [0.1, 0.15) is 0 Å². The minimum absolute atomic E-state index is 0.195. The fourth-order valence-electron chi connectivity index (χ4n) is 0.684. The molecule has 6 heteroatoms. The van der Waals surface area contributed by atoms with Gasteiger partial charge in [0.1, 0.15) is 0 Å². The zero-order chi connectivity index (χ0) is 9.68. The van der Waals surface area contributed by atoms with E-state index in [1.807, 2.05) is 0 Å². The van der Waals surface area contributed by atoms with Crippen LogP contribution in [0.2, 0.25) is 5.02 Å². The van der Waals surface area contributed by atoms with Gasteiger partial charge >= 0.3 is 6.09 Å². The van der Waals surface area contributed by atoms with E-state index in [-0.39, 0.29) is 6.07 Å². The predicted molar refractivity (Wildman–Crippen MR) is 50.1 cm³/mol. The Bertz CT molecular complexity index is 306. The molecule has 0 aromatic carbocycles. The van der Waals surface area contributed by atoms with Gasteiger partial charge in [0, 0.05) is 6.20 Å². The number of carbonyl (C=O) groups excluding carboxylic acids is 1. The third kappa shape index (κ3) is 3.48. The third-order valence-corrected chi connectivity index (χ3v) is 1.45. The average Bonchev–Trinajstić information content (AvgIpc) is 2.04. The molecule has 0 aliphatic rings. The highest BCUT2D eigenvalue weighted by Gasteiger charge is 2.01.